The van der Waals surface area contributed by atoms with Gasteiger partial charge in [0.1, 0.15) is 6.04 Å². The molecule has 29 heavy (non-hydrogen) atoms. The van der Waals surface area contributed by atoms with Crippen molar-refractivity contribution in [1.29, 1.82) is 0 Å². The standard InChI is InChI=1S/C24H29NO3S/c1-4-15-28-24(27)20-16-29-23(17(2)3)25(20)22(26)21(18-11-7-5-8-12-18)19-13-9-6-10-14-19/h5-14,17,20-21,23H,4,15-16H2,1-3H3. The van der Waals surface area contributed by atoms with Gasteiger partial charge >= 0.3 is 5.97 Å². The number of ether oxygens (including phenoxy) is 1. The average Bonchev–Trinajstić information content (AvgIpc) is 3.19. The number of amides is 1. The highest BCUT2D eigenvalue weighted by Crippen LogP contribution is 2.38. The lowest BCUT2D eigenvalue weighted by molar-refractivity contribution is -0.154. The number of benzene rings is 2. The number of carbonyl (C=O) groups is 2. The molecule has 2 unspecified atom stereocenters. The molecule has 1 heterocycles. The third-order valence-electron chi connectivity index (χ3n) is 5.09. The van der Waals surface area contributed by atoms with E-state index in [2.05, 4.69) is 13.8 Å². The monoisotopic (exact) mass is 411 g/mol. The third kappa shape index (κ3) is 4.84. The van der Waals surface area contributed by atoms with Gasteiger partial charge in [-0.25, -0.2) is 4.79 Å². The molecule has 0 saturated carbocycles. The molecule has 3 rings (SSSR count). The lowest BCUT2D eigenvalue weighted by Crippen LogP contribution is -2.49. The molecule has 0 aliphatic carbocycles. The van der Waals surface area contributed by atoms with Crippen molar-refractivity contribution in [3.63, 3.8) is 0 Å². The molecule has 4 nitrogen and oxygen atoms in total. The van der Waals surface area contributed by atoms with Crippen molar-refractivity contribution in [3.05, 3.63) is 71.8 Å². The predicted molar refractivity (Wildman–Crippen MR) is 118 cm³/mol. The molecule has 1 fully saturated rings. The van der Waals surface area contributed by atoms with E-state index in [9.17, 15) is 9.59 Å². The van der Waals surface area contributed by atoms with Crippen LogP contribution >= 0.6 is 11.8 Å². The summed E-state index contributed by atoms with van der Waals surface area (Å²) in [4.78, 5) is 28.5. The maximum Gasteiger partial charge on any atom is 0.329 e. The molecule has 0 bridgehead atoms. The molecule has 1 aliphatic rings. The summed E-state index contributed by atoms with van der Waals surface area (Å²) in [5.74, 6) is 0.0344. The maximum absolute atomic E-state index is 14.0. The van der Waals surface area contributed by atoms with Crippen LogP contribution in [0.2, 0.25) is 0 Å². The highest BCUT2D eigenvalue weighted by atomic mass is 32.2. The van der Waals surface area contributed by atoms with Gasteiger partial charge in [0, 0.05) is 5.75 Å². The Labute approximate surface area is 177 Å². The van der Waals surface area contributed by atoms with E-state index in [4.69, 9.17) is 4.74 Å². The smallest absolute Gasteiger partial charge is 0.329 e. The number of esters is 1. The van der Waals surface area contributed by atoms with E-state index in [0.29, 0.717) is 12.4 Å². The maximum atomic E-state index is 14.0. The molecule has 2 atom stereocenters. The van der Waals surface area contributed by atoms with Crippen molar-refractivity contribution in [2.75, 3.05) is 12.4 Å². The first-order valence-electron chi connectivity index (χ1n) is 10.2. The van der Waals surface area contributed by atoms with Crippen molar-refractivity contribution in [3.8, 4) is 0 Å². The minimum atomic E-state index is -0.540. The molecule has 1 aliphatic heterocycles. The van der Waals surface area contributed by atoms with Gasteiger partial charge in [0.25, 0.3) is 0 Å². The molecule has 154 valence electrons. The Morgan fingerprint density at radius 3 is 2.07 bits per heavy atom. The Kier molecular flexibility index (Phi) is 7.37. The molecular formula is C24H29NO3S. The lowest BCUT2D eigenvalue weighted by Gasteiger charge is -2.33. The topological polar surface area (TPSA) is 46.6 Å². The summed E-state index contributed by atoms with van der Waals surface area (Å²) in [6.07, 6.45) is 0.768. The summed E-state index contributed by atoms with van der Waals surface area (Å²) < 4.78 is 5.43. The largest absolute Gasteiger partial charge is 0.464 e. The second-order valence-corrected chi connectivity index (χ2v) is 8.80. The Hall–Kier alpha value is -2.27. The molecule has 1 saturated heterocycles. The van der Waals surface area contributed by atoms with Crippen LogP contribution in [0.4, 0.5) is 0 Å². The summed E-state index contributed by atoms with van der Waals surface area (Å²) in [7, 11) is 0. The minimum absolute atomic E-state index is 0.0375. The van der Waals surface area contributed by atoms with Crippen LogP contribution in [0.15, 0.2) is 60.7 Å². The highest BCUT2D eigenvalue weighted by molar-refractivity contribution is 8.00. The van der Waals surface area contributed by atoms with Crippen LogP contribution in [0.5, 0.6) is 0 Å². The molecule has 1 amide bonds. The molecule has 0 radical (unpaired) electrons. The summed E-state index contributed by atoms with van der Waals surface area (Å²) in [6, 6.07) is 19.1. The van der Waals surface area contributed by atoms with Crippen LogP contribution in [0.1, 0.15) is 44.2 Å². The fourth-order valence-electron chi connectivity index (χ4n) is 3.72. The van der Waals surface area contributed by atoms with Gasteiger partial charge in [0.2, 0.25) is 5.91 Å². The summed E-state index contributed by atoms with van der Waals surface area (Å²) in [6.45, 7) is 6.54. The second kappa shape index (κ2) is 9.97. The molecule has 2 aromatic rings. The Bertz CT molecular complexity index is 770. The van der Waals surface area contributed by atoms with Crippen LogP contribution in [-0.2, 0) is 14.3 Å². The van der Waals surface area contributed by atoms with E-state index < -0.39 is 12.0 Å². The van der Waals surface area contributed by atoms with Crippen LogP contribution in [0, 0.1) is 5.92 Å². The molecule has 0 aromatic heterocycles. The van der Waals surface area contributed by atoms with E-state index in [1.165, 1.54) is 0 Å². The average molecular weight is 412 g/mol. The summed E-state index contributed by atoms with van der Waals surface area (Å²) in [5, 5.41) is -0.0448. The normalized spacial score (nSPS) is 19.0. The summed E-state index contributed by atoms with van der Waals surface area (Å²) >= 11 is 1.67. The SMILES string of the molecule is CCCOC(=O)C1CSC(C(C)C)N1C(=O)C(c1ccccc1)c1ccccc1. The van der Waals surface area contributed by atoms with Crippen LogP contribution in [-0.4, -0.2) is 40.6 Å². The van der Waals surface area contributed by atoms with Crippen LogP contribution < -0.4 is 0 Å². The van der Waals surface area contributed by atoms with Gasteiger partial charge in [-0.15, -0.1) is 11.8 Å². The van der Waals surface area contributed by atoms with Gasteiger partial charge in [-0.05, 0) is 23.5 Å². The zero-order valence-electron chi connectivity index (χ0n) is 17.3. The van der Waals surface area contributed by atoms with Crippen molar-refractivity contribution in [1.82, 2.24) is 4.90 Å². The van der Waals surface area contributed by atoms with Crippen LogP contribution in [0.3, 0.4) is 0 Å². The van der Waals surface area contributed by atoms with Gasteiger partial charge in [-0.2, -0.15) is 0 Å². The molecular weight excluding hydrogens is 382 g/mol. The second-order valence-electron chi connectivity index (χ2n) is 7.65. The number of carbonyl (C=O) groups excluding carboxylic acids is 2. The van der Waals surface area contributed by atoms with Crippen molar-refractivity contribution in [2.24, 2.45) is 5.92 Å². The highest BCUT2D eigenvalue weighted by Gasteiger charge is 2.45. The van der Waals surface area contributed by atoms with Crippen molar-refractivity contribution in [2.45, 2.75) is 44.5 Å². The minimum Gasteiger partial charge on any atom is -0.464 e. The van der Waals surface area contributed by atoms with E-state index in [0.717, 1.165) is 17.5 Å². The van der Waals surface area contributed by atoms with E-state index in [1.54, 1.807) is 16.7 Å². The predicted octanol–water partition coefficient (Wildman–Crippen LogP) is 4.70. The third-order valence-corrected chi connectivity index (χ3v) is 6.71. The lowest BCUT2D eigenvalue weighted by atomic mass is 9.89. The number of hydrogen-bond acceptors (Lipinski definition) is 4. The van der Waals surface area contributed by atoms with Gasteiger partial charge < -0.3 is 9.64 Å². The molecule has 2 aromatic carbocycles. The van der Waals surface area contributed by atoms with Crippen molar-refractivity contribution < 1.29 is 14.3 Å². The first-order valence-corrected chi connectivity index (χ1v) is 11.3. The summed E-state index contributed by atoms with van der Waals surface area (Å²) in [5.41, 5.74) is 1.87. The number of nitrogens with zero attached hydrogens (tertiary/aromatic N) is 1. The van der Waals surface area contributed by atoms with Gasteiger partial charge in [0.05, 0.1) is 17.9 Å². The first-order chi connectivity index (χ1) is 14.0. The van der Waals surface area contributed by atoms with Crippen molar-refractivity contribution >= 4 is 23.6 Å². The fourth-order valence-corrected chi connectivity index (χ4v) is 5.19. The number of thioether (sulfide) groups is 1. The molecule has 0 N–H and O–H groups in total. The zero-order valence-corrected chi connectivity index (χ0v) is 18.1. The van der Waals surface area contributed by atoms with Gasteiger partial charge in [-0.1, -0.05) is 81.4 Å². The van der Waals surface area contributed by atoms with Crippen LogP contribution in [0.25, 0.3) is 0 Å². The van der Waals surface area contributed by atoms with E-state index in [-0.39, 0.29) is 23.2 Å². The Morgan fingerprint density at radius 1 is 1.03 bits per heavy atom. The Balaban J connectivity index is 1.99. The fraction of sp³-hybridized carbons (Fsp3) is 0.417. The first kappa shape index (κ1) is 21.4. The quantitative estimate of drug-likeness (QED) is 0.620. The van der Waals surface area contributed by atoms with E-state index >= 15 is 0 Å². The van der Waals surface area contributed by atoms with Gasteiger partial charge in [-0.3, -0.25) is 4.79 Å². The Morgan fingerprint density at radius 2 is 1.59 bits per heavy atom. The van der Waals surface area contributed by atoms with E-state index in [1.807, 2.05) is 67.6 Å². The number of rotatable bonds is 7. The van der Waals surface area contributed by atoms with Gasteiger partial charge in [0.15, 0.2) is 0 Å². The number of hydrogen-bond donors (Lipinski definition) is 0. The molecule has 5 heteroatoms. The molecule has 0 spiro atoms. The zero-order chi connectivity index (χ0) is 20.8.